The Balaban J connectivity index is 1.66. The van der Waals surface area contributed by atoms with Crippen molar-refractivity contribution in [2.75, 3.05) is 18.1 Å². The van der Waals surface area contributed by atoms with Crippen LogP contribution in [0.3, 0.4) is 0 Å². The molecule has 116 valence electrons. The van der Waals surface area contributed by atoms with Gasteiger partial charge in [0, 0.05) is 17.8 Å². The summed E-state index contributed by atoms with van der Waals surface area (Å²) in [7, 11) is 0. The summed E-state index contributed by atoms with van der Waals surface area (Å²) in [4.78, 5) is 6.77. The molecule has 5 nitrogen and oxygen atoms in total. The van der Waals surface area contributed by atoms with Crippen LogP contribution in [0.2, 0.25) is 0 Å². The van der Waals surface area contributed by atoms with Gasteiger partial charge in [-0.3, -0.25) is 0 Å². The van der Waals surface area contributed by atoms with Gasteiger partial charge in [0.05, 0.1) is 25.4 Å². The van der Waals surface area contributed by atoms with Crippen molar-refractivity contribution in [1.29, 1.82) is 0 Å². The number of hydrogen-bond donors (Lipinski definition) is 0. The van der Waals surface area contributed by atoms with Crippen molar-refractivity contribution in [3.8, 4) is 5.69 Å². The molecule has 1 aliphatic rings. The van der Waals surface area contributed by atoms with E-state index in [0.717, 1.165) is 18.1 Å². The number of aromatic nitrogens is 3. The molecule has 0 unspecified atom stereocenters. The van der Waals surface area contributed by atoms with Crippen molar-refractivity contribution in [1.82, 2.24) is 14.8 Å². The molecule has 0 aliphatic carbocycles. The monoisotopic (exact) mass is 306 g/mol. The van der Waals surface area contributed by atoms with Crippen molar-refractivity contribution in [2.24, 2.45) is 0 Å². The first-order chi connectivity index (χ1) is 11.4. The lowest BCUT2D eigenvalue weighted by atomic mass is 10.1. The summed E-state index contributed by atoms with van der Waals surface area (Å²) in [6.07, 6.45) is 1.61. The summed E-state index contributed by atoms with van der Waals surface area (Å²) in [5.41, 5.74) is 3.46. The van der Waals surface area contributed by atoms with Crippen LogP contribution in [0.1, 0.15) is 11.4 Å². The second-order valence-electron chi connectivity index (χ2n) is 5.53. The lowest BCUT2D eigenvalue weighted by Gasteiger charge is -2.23. The van der Waals surface area contributed by atoms with E-state index >= 15 is 0 Å². The van der Waals surface area contributed by atoms with Crippen LogP contribution < -0.4 is 4.90 Å². The van der Waals surface area contributed by atoms with Crippen LogP contribution in [-0.2, 0) is 17.9 Å². The molecule has 0 N–H and O–H groups in total. The second kappa shape index (κ2) is 6.22. The topological polar surface area (TPSA) is 43.2 Å². The van der Waals surface area contributed by atoms with E-state index in [1.165, 1.54) is 11.3 Å². The van der Waals surface area contributed by atoms with Crippen molar-refractivity contribution < 1.29 is 4.74 Å². The van der Waals surface area contributed by atoms with Gasteiger partial charge in [-0.2, -0.15) is 5.10 Å². The van der Waals surface area contributed by atoms with Gasteiger partial charge in [-0.05, 0) is 18.2 Å². The van der Waals surface area contributed by atoms with Crippen molar-refractivity contribution in [3.05, 3.63) is 72.3 Å². The predicted octanol–water partition coefficient (Wildman–Crippen LogP) is 2.80. The first-order valence-corrected chi connectivity index (χ1v) is 7.77. The Morgan fingerprint density at radius 1 is 1.00 bits per heavy atom. The fourth-order valence-electron chi connectivity index (χ4n) is 2.91. The zero-order valence-electron chi connectivity index (χ0n) is 12.8. The average Bonchev–Trinajstić information content (AvgIpc) is 2.97. The Bertz CT molecular complexity index is 784. The van der Waals surface area contributed by atoms with Crippen LogP contribution in [0.5, 0.6) is 0 Å². The summed E-state index contributed by atoms with van der Waals surface area (Å²) in [6.45, 7) is 2.93. The summed E-state index contributed by atoms with van der Waals surface area (Å²) in [6, 6.07) is 18.5. The Kier molecular flexibility index (Phi) is 3.78. The van der Waals surface area contributed by atoms with Crippen LogP contribution in [0.25, 0.3) is 5.69 Å². The van der Waals surface area contributed by atoms with Crippen LogP contribution in [0, 0.1) is 0 Å². The van der Waals surface area contributed by atoms with Gasteiger partial charge in [0.1, 0.15) is 6.33 Å². The maximum Gasteiger partial charge on any atom is 0.151 e. The third kappa shape index (κ3) is 2.83. The minimum atomic E-state index is 0.665. The highest BCUT2D eigenvalue weighted by Gasteiger charge is 2.18. The molecule has 23 heavy (non-hydrogen) atoms. The number of fused-ring (bicyclic) bond motifs is 1. The highest BCUT2D eigenvalue weighted by atomic mass is 16.5. The summed E-state index contributed by atoms with van der Waals surface area (Å²) < 4.78 is 7.60. The molecule has 0 spiro atoms. The van der Waals surface area contributed by atoms with Crippen molar-refractivity contribution in [3.63, 3.8) is 0 Å². The largest absolute Gasteiger partial charge is 0.375 e. The summed E-state index contributed by atoms with van der Waals surface area (Å²) in [5, 5.41) is 4.38. The number of rotatable bonds is 3. The maximum absolute atomic E-state index is 5.70. The molecule has 2 heterocycles. The van der Waals surface area contributed by atoms with Crippen LogP contribution in [-0.4, -0.2) is 27.9 Å². The van der Waals surface area contributed by atoms with Crippen molar-refractivity contribution in [2.45, 2.75) is 13.2 Å². The lowest BCUT2D eigenvalue weighted by Crippen LogP contribution is -2.27. The lowest BCUT2D eigenvalue weighted by molar-refractivity contribution is 0.132. The van der Waals surface area contributed by atoms with Gasteiger partial charge in [0.2, 0.25) is 0 Å². The van der Waals surface area contributed by atoms with E-state index in [1.807, 2.05) is 35.0 Å². The number of hydrogen-bond acceptors (Lipinski definition) is 4. The predicted molar refractivity (Wildman–Crippen MR) is 88.5 cm³/mol. The molecule has 4 rings (SSSR count). The summed E-state index contributed by atoms with van der Waals surface area (Å²) in [5.74, 6) is 0.924. The van der Waals surface area contributed by atoms with Crippen LogP contribution >= 0.6 is 0 Å². The number of para-hydroxylation sites is 2. The van der Waals surface area contributed by atoms with E-state index in [-0.39, 0.29) is 0 Å². The van der Waals surface area contributed by atoms with E-state index in [0.29, 0.717) is 19.8 Å². The van der Waals surface area contributed by atoms with E-state index < -0.39 is 0 Å². The quantitative estimate of drug-likeness (QED) is 0.746. The van der Waals surface area contributed by atoms with Gasteiger partial charge >= 0.3 is 0 Å². The smallest absolute Gasteiger partial charge is 0.151 e. The molecule has 2 aromatic carbocycles. The number of benzene rings is 2. The van der Waals surface area contributed by atoms with E-state index in [1.54, 1.807) is 6.33 Å². The second-order valence-corrected chi connectivity index (χ2v) is 5.53. The Morgan fingerprint density at radius 3 is 2.74 bits per heavy atom. The molecule has 0 amide bonds. The highest BCUT2D eigenvalue weighted by Crippen LogP contribution is 2.25. The maximum atomic E-state index is 5.70. The first-order valence-electron chi connectivity index (χ1n) is 7.77. The van der Waals surface area contributed by atoms with Gasteiger partial charge < -0.3 is 9.64 Å². The van der Waals surface area contributed by atoms with E-state index in [2.05, 4.69) is 39.2 Å². The molecule has 1 aliphatic heterocycles. The number of anilines is 1. The fraction of sp³-hybridized carbons (Fsp3) is 0.222. The molecule has 1 aromatic heterocycles. The molecule has 0 fully saturated rings. The normalized spacial score (nSPS) is 14.3. The molecule has 0 saturated heterocycles. The minimum Gasteiger partial charge on any atom is -0.375 e. The van der Waals surface area contributed by atoms with Gasteiger partial charge in [-0.1, -0.05) is 36.4 Å². The van der Waals surface area contributed by atoms with Gasteiger partial charge in [-0.25, -0.2) is 9.67 Å². The van der Waals surface area contributed by atoms with Gasteiger partial charge in [-0.15, -0.1) is 0 Å². The zero-order valence-corrected chi connectivity index (χ0v) is 12.8. The molecule has 0 radical (unpaired) electrons. The Hall–Kier alpha value is -2.66. The van der Waals surface area contributed by atoms with Crippen molar-refractivity contribution >= 4 is 5.69 Å². The number of nitrogens with zero attached hydrogens (tertiary/aromatic N) is 4. The molecule has 0 saturated carbocycles. The van der Waals surface area contributed by atoms with Crippen LogP contribution in [0.4, 0.5) is 5.69 Å². The number of ether oxygens (including phenoxy) is 1. The van der Waals surface area contributed by atoms with Crippen LogP contribution in [0.15, 0.2) is 60.9 Å². The Morgan fingerprint density at radius 2 is 1.83 bits per heavy atom. The SMILES string of the molecule is c1ccc(-n2ncnc2CN2CCOCc3ccccc32)cc1. The average molecular weight is 306 g/mol. The standard InChI is InChI=1S/C18H18N4O/c1-2-7-16(8-3-1)22-18(19-14-20-22)12-21-10-11-23-13-15-6-4-5-9-17(15)21/h1-9,14H,10-13H2. The molecule has 3 aromatic rings. The molecule has 0 atom stereocenters. The molecule has 5 heteroatoms. The van der Waals surface area contributed by atoms with Gasteiger partial charge in [0.15, 0.2) is 5.82 Å². The third-order valence-corrected chi connectivity index (χ3v) is 4.05. The first kappa shape index (κ1) is 14.0. The fourth-order valence-corrected chi connectivity index (χ4v) is 2.91. The third-order valence-electron chi connectivity index (χ3n) is 4.05. The Labute approximate surface area is 135 Å². The highest BCUT2D eigenvalue weighted by molar-refractivity contribution is 5.54. The van der Waals surface area contributed by atoms with E-state index in [4.69, 9.17) is 4.74 Å². The molecular formula is C18H18N4O. The summed E-state index contributed by atoms with van der Waals surface area (Å²) >= 11 is 0. The molecular weight excluding hydrogens is 288 g/mol. The van der Waals surface area contributed by atoms with Gasteiger partial charge in [0.25, 0.3) is 0 Å². The molecule has 0 bridgehead atoms. The minimum absolute atomic E-state index is 0.665. The zero-order chi connectivity index (χ0) is 15.5. The van der Waals surface area contributed by atoms with E-state index in [9.17, 15) is 0 Å².